The van der Waals surface area contributed by atoms with Gasteiger partial charge in [0.25, 0.3) is 0 Å². The van der Waals surface area contributed by atoms with E-state index in [0.717, 1.165) is 31.2 Å². The van der Waals surface area contributed by atoms with E-state index in [9.17, 15) is 4.79 Å². The van der Waals surface area contributed by atoms with Crippen molar-refractivity contribution in [1.82, 2.24) is 0 Å². The summed E-state index contributed by atoms with van der Waals surface area (Å²) in [6.45, 7) is 13.5. The van der Waals surface area contributed by atoms with Crippen molar-refractivity contribution in [2.45, 2.75) is 79.2 Å². The van der Waals surface area contributed by atoms with Gasteiger partial charge in [-0.25, -0.2) is 0 Å². The summed E-state index contributed by atoms with van der Waals surface area (Å²) in [5.41, 5.74) is 3.89. The molecule has 2 saturated carbocycles. The molecule has 0 saturated heterocycles. The topological polar surface area (TPSA) is 26.3 Å². The number of carbonyl (C=O) groups is 1. The van der Waals surface area contributed by atoms with Crippen molar-refractivity contribution in [3.63, 3.8) is 0 Å². The molecular formula is C28H38O2. The number of rotatable bonds is 4. The van der Waals surface area contributed by atoms with E-state index in [0.29, 0.717) is 18.4 Å². The molecule has 2 heteroatoms. The number of ether oxygens (including phenoxy) is 1. The lowest BCUT2D eigenvalue weighted by molar-refractivity contribution is -0.169. The lowest BCUT2D eigenvalue weighted by Crippen LogP contribution is -2.53. The largest absolute Gasteiger partial charge is 0.460 e. The Labute approximate surface area is 182 Å². The third-order valence-corrected chi connectivity index (χ3v) is 8.78. The molecule has 2 fully saturated rings. The van der Waals surface area contributed by atoms with Crippen LogP contribution in [0.4, 0.5) is 0 Å². The van der Waals surface area contributed by atoms with Crippen LogP contribution in [-0.2, 0) is 16.1 Å². The van der Waals surface area contributed by atoms with E-state index in [-0.39, 0.29) is 22.2 Å². The maximum Gasteiger partial charge on any atom is 0.312 e. The molecule has 0 heterocycles. The van der Waals surface area contributed by atoms with Gasteiger partial charge in [0.15, 0.2) is 0 Å². The van der Waals surface area contributed by atoms with E-state index in [1.165, 1.54) is 24.8 Å². The summed E-state index contributed by atoms with van der Waals surface area (Å²) >= 11 is 0. The molecule has 0 bridgehead atoms. The van der Waals surface area contributed by atoms with E-state index < -0.39 is 0 Å². The first-order valence-electron chi connectivity index (χ1n) is 11.8. The summed E-state index contributed by atoms with van der Waals surface area (Å²) in [5.74, 6) is 1.03. The molecular weight excluding hydrogens is 368 g/mol. The quantitative estimate of drug-likeness (QED) is 0.391. The number of fused-ring (bicyclic) bond motifs is 3. The number of hydrogen-bond donors (Lipinski definition) is 0. The van der Waals surface area contributed by atoms with Crippen molar-refractivity contribution in [2.75, 3.05) is 0 Å². The standard InChI is InChI=1S/C28H38O2/c1-6-26(3)17-14-23-22(18-26)12-13-24-27(23,4)15-7-16-28(24,5)25(29)30-19-21-10-8-20(2)9-11-21/h6,8-11,14,22,24H,1,7,12-13,15-19H2,2-5H3/t22-,24-,26-,27-,28+/m0/s1. The summed E-state index contributed by atoms with van der Waals surface area (Å²) in [5, 5.41) is 0. The maximum atomic E-state index is 13.4. The highest BCUT2D eigenvalue weighted by Gasteiger charge is 2.58. The predicted molar refractivity (Wildman–Crippen MR) is 123 cm³/mol. The lowest BCUT2D eigenvalue weighted by Gasteiger charge is -2.58. The van der Waals surface area contributed by atoms with Gasteiger partial charge in [0.1, 0.15) is 6.61 Å². The van der Waals surface area contributed by atoms with Crippen molar-refractivity contribution in [3.8, 4) is 0 Å². The van der Waals surface area contributed by atoms with E-state index in [2.05, 4.69) is 70.7 Å². The van der Waals surface area contributed by atoms with Crippen LogP contribution in [0.3, 0.4) is 0 Å². The molecule has 1 aromatic rings. The van der Waals surface area contributed by atoms with Gasteiger partial charge in [-0.1, -0.05) is 67.8 Å². The van der Waals surface area contributed by atoms with Gasteiger partial charge in [0, 0.05) is 0 Å². The molecule has 0 amide bonds. The van der Waals surface area contributed by atoms with Gasteiger partial charge in [0.05, 0.1) is 5.41 Å². The van der Waals surface area contributed by atoms with Crippen LogP contribution in [0.1, 0.15) is 76.8 Å². The highest BCUT2D eigenvalue weighted by atomic mass is 16.5. The molecule has 5 atom stereocenters. The average molecular weight is 407 g/mol. The van der Waals surface area contributed by atoms with Gasteiger partial charge < -0.3 is 4.74 Å². The predicted octanol–water partition coefficient (Wildman–Crippen LogP) is 7.17. The van der Waals surface area contributed by atoms with Gasteiger partial charge in [-0.05, 0) is 80.6 Å². The van der Waals surface area contributed by atoms with Gasteiger partial charge >= 0.3 is 5.97 Å². The van der Waals surface area contributed by atoms with Crippen LogP contribution < -0.4 is 0 Å². The van der Waals surface area contributed by atoms with Crippen LogP contribution >= 0.6 is 0 Å². The number of benzene rings is 1. The Morgan fingerprint density at radius 2 is 1.90 bits per heavy atom. The molecule has 0 N–H and O–H groups in total. The first-order chi connectivity index (χ1) is 14.2. The van der Waals surface area contributed by atoms with Crippen LogP contribution in [0.15, 0.2) is 48.6 Å². The number of allylic oxidation sites excluding steroid dienone is 3. The highest BCUT2D eigenvalue weighted by molar-refractivity contribution is 5.77. The molecule has 0 spiro atoms. The second kappa shape index (κ2) is 7.70. The zero-order valence-corrected chi connectivity index (χ0v) is 19.3. The SMILES string of the molecule is C=C[C@@]1(C)CC=C2[C@@H](CC[C@@H]3[C@](C)(C(=O)OCc4ccc(C)cc4)CCC[C@@]23C)C1. The monoisotopic (exact) mass is 406 g/mol. The number of esters is 1. The van der Waals surface area contributed by atoms with E-state index in [4.69, 9.17) is 4.74 Å². The smallest absolute Gasteiger partial charge is 0.312 e. The molecule has 0 aliphatic heterocycles. The van der Waals surface area contributed by atoms with Gasteiger partial charge in [0.2, 0.25) is 0 Å². The lowest BCUT2D eigenvalue weighted by atomic mass is 9.46. The van der Waals surface area contributed by atoms with Crippen molar-refractivity contribution < 1.29 is 9.53 Å². The molecule has 30 heavy (non-hydrogen) atoms. The van der Waals surface area contributed by atoms with Gasteiger partial charge in [-0.15, -0.1) is 6.58 Å². The van der Waals surface area contributed by atoms with Gasteiger partial charge in [-0.3, -0.25) is 4.79 Å². The van der Waals surface area contributed by atoms with Crippen LogP contribution in [0.5, 0.6) is 0 Å². The molecule has 162 valence electrons. The Hall–Kier alpha value is -1.83. The fourth-order valence-corrected chi connectivity index (χ4v) is 6.86. The minimum atomic E-state index is -0.386. The Kier molecular flexibility index (Phi) is 5.49. The maximum absolute atomic E-state index is 13.4. The van der Waals surface area contributed by atoms with E-state index in [1.54, 1.807) is 5.57 Å². The fourth-order valence-electron chi connectivity index (χ4n) is 6.86. The third-order valence-electron chi connectivity index (χ3n) is 8.78. The van der Waals surface area contributed by atoms with Crippen LogP contribution in [-0.4, -0.2) is 5.97 Å². The Morgan fingerprint density at radius 1 is 1.17 bits per heavy atom. The van der Waals surface area contributed by atoms with Crippen LogP contribution in [0.25, 0.3) is 0 Å². The van der Waals surface area contributed by atoms with Crippen LogP contribution in [0, 0.1) is 35.0 Å². The minimum Gasteiger partial charge on any atom is -0.460 e. The number of carbonyl (C=O) groups excluding carboxylic acids is 1. The molecule has 3 aliphatic rings. The minimum absolute atomic E-state index is 0.00443. The molecule has 1 aromatic carbocycles. The average Bonchev–Trinajstić information content (AvgIpc) is 2.72. The third kappa shape index (κ3) is 3.57. The number of aryl methyl sites for hydroxylation is 1. The zero-order valence-electron chi connectivity index (χ0n) is 19.3. The normalized spacial score (nSPS) is 38.1. The summed E-state index contributed by atoms with van der Waals surface area (Å²) < 4.78 is 5.92. The van der Waals surface area contributed by atoms with E-state index >= 15 is 0 Å². The summed E-state index contributed by atoms with van der Waals surface area (Å²) in [7, 11) is 0. The summed E-state index contributed by atoms with van der Waals surface area (Å²) in [6, 6.07) is 8.28. The second-order valence-corrected chi connectivity index (χ2v) is 11.0. The highest BCUT2D eigenvalue weighted by Crippen LogP contribution is 2.64. The molecule has 0 radical (unpaired) electrons. The van der Waals surface area contributed by atoms with Gasteiger partial charge in [-0.2, -0.15) is 0 Å². The second-order valence-electron chi connectivity index (χ2n) is 11.0. The molecule has 4 rings (SSSR count). The first-order valence-corrected chi connectivity index (χ1v) is 11.8. The Bertz CT molecular complexity index is 850. The van der Waals surface area contributed by atoms with Crippen molar-refractivity contribution >= 4 is 5.97 Å². The fraction of sp³-hybridized carbons (Fsp3) is 0.607. The van der Waals surface area contributed by atoms with Crippen molar-refractivity contribution in [1.29, 1.82) is 0 Å². The van der Waals surface area contributed by atoms with Crippen LogP contribution in [0.2, 0.25) is 0 Å². The molecule has 3 aliphatic carbocycles. The van der Waals surface area contributed by atoms with E-state index in [1.807, 2.05) is 0 Å². The van der Waals surface area contributed by atoms with Crippen molar-refractivity contribution in [2.24, 2.45) is 28.1 Å². The summed E-state index contributed by atoms with van der Waals surface area (Å²) in [6.07, 6.45) is 12.5. The zero-order chi connectivity index (χ0) is 21.6. The Morgan fingerprint density at radius 3 is 2.60 bits per heavy atom. The number of hydrogen-bond acceptors (Lipinski definition) is 2. The Balaban J connectivity index is 1.55. The summed E-state index contributed by atoms with van der Waals surface area (Å²) in [4.78, 5) is 13.4. The van der Waals surface area contributed by atoms with Crippen molar-refractivity contribution in [3.05, 3.63) is 59.7 Å². The first kappa shape index (κ1) is 21.4. The molecule has 0 unspecified atom stereocenters. The molecule has 2 nitrogen and oxygen atoms in total. The molecule has 0 aromatic heterocycles.